The standard InChI is InChI=1S/C22H14ClNO4/c23-16-12-10-15(11-13-16)19(14-6-2-1-3-7-14)22(24(27)28)20(25)17-8-4-5-9-18(17)21(22)26/h1-13,19H. The first-order valence-corrected chi connectivity index (χ1v) is 8.99. The molecule has 0 saturated carbocycles. The van der Waals surface area contributed by atoms with Gasteiger partial charge >= 0.3 is 5.54 Å². The van der Waals surface area contributed by atoms with Gasteiger partial charge in [-0.15, -0.1) is 0 Å². The second-order valence-corrected chi connectivity index (χ2v) is 7.06. The van der Waals surface area contributed by atoms with Gasteiger partial charge in [0, 0.05) is 21.1 Å². The molecule has 0 N–H and O–H groups in total. The molecule has 28 heavy (non-hydrogen) atoms. The number of ketones is 2. The Balaban J connectivity index is 2.03. The van der Waals surface area contributed by atoms with Crippen molar-refractivity contribution in [1.82, 2.24) is 0 Å². The van der Waals surface area contributed by atoms with Gasteiger partial charge in [0.25, 0.3) is 0 Å². The van der Waals surface area contributed by atoms with Crippen LogP contribution in [-0.2, 0) is 0 Å². The van der Waals surface area contributed by atoms with Crippen molar-refractivity contribution < 1.29 is 14.5 Å². The average Bonchev–Trinajstić information content (AvgIpc) is 2.94. The molecular formula is C22H14ClNO4. The summed E-state index contributed by atoms with van der Waals surface area (Å²) in [6, 6.07) is 21.1. The van der Waals surface area contributed by atoms with Gasteiger partial charge in [-0.1, -0.05) is 78.3 Å². The van der Waals surface area contributed by atoms with Crippen molar-refractivity contribution in [1.29, 1.82) is 0 Å². The van der Waals surface area contributed by atoms with E-state index in [9.17, 15) is 19.7 Å². The summed E-state index contributed by atoms with van der Waals surface area (Å²) in [6.45, 7) is 0. The van der Waals surface area contributed by atoms with E-state index >= 15 is 0 Å². The van der Waals surface area contributed by atoms with Crippen molar-refractivity contribution in [2.45, 2.75) is 11.5 Å². The van der Waals surface area contributed by atoms with E-state index in [-0.39, 0.29) is 11.1 Å². The zero-order chi connectivity index (χ0) is 19.9. The first-order chi connectivity index (χ1) is 13.5. The van der Waals surface area contributed by atoms with Crippen molar-refractivity contribution in [2.24, 2.45) is 0 Å². The van der Waals surface area contributed by atoms with Crippen LogP contribution in [0.4, 0.5) is 0 Å². The molecule has 3 aromatic carbocycles. The van der Waals surface area contributed by atoms with E-state index in [0.29, 0.717) is 16.1 Å². The molecule has 1 aliphatic carbocycles. The number of benzene rings is 3. The molecule has 4 rings (SSSR count). The van der Waals surface area contributed by atoms with Crippen LogP contribution in [0.5, 0.6) is 0 Å². The quantitative estimate of drug-likeness (QED) is 0.371. The maximum atomic E-state index is 13.3. The van der Waals surface area contributed by atoms with Crippen molar-refractivity contribution in [3.8, 4) is 0 Å². The molecule has 0 radical (unpaired) electrons. The van der Waals surface area contributed by atoms with Crippen LogP contribution in [-0.4, -0.2) is 22.0 Å². The third-order valence-electron chi connectivity index (χ3n) is 5.15. The number of halogens is 1. The van der Waals surface area contributed by atoms with Gasteiger partial charge in [-0.05, 0) is 23.3 Å². The lowest BCUT2D eigenvalue weighted by atomic mass is 9.72. The molecule has 6 heteroatoms. The predicted octanol–water partition coefficient (Wildman–Crippen LogP) is 4.57. The fraction of sp³-hybridized carbons (Fsp3) is 0.0909. The van der Waals surface area contributed by atoms with Crippen molar-refractivity contribution in [3.63, 3.8) is 0 Å². The number of hydrogen-bond donors (Lipinski definition) is 0. The Kier molecular flexibility index (Phi) is 4.32. The number of rotatable bonds is 4. The van der Waals surface area contributed by atoms with Crippen molar-refractivity contribution in [2.75, 3.05) is 0 Å². The second kappa shape index (κ2) is 6.69. The summed E-state index contributed by atoms with van der Waals surface area (Å²) < 4.78 is 0. The monoisotopic (exact) mass is 391 g/mol. The molecule has 0 aliphatic heterocycles. The summed E-state index contributed by atoms with van der Waals surface area (Å²) in [5.74, 6) is -2.67. The van der Waals surface area contributed by atoms with Gasteiger partial charge in [0.05, 0.1) is 5.92 Å². The van der Waals surface area contributed by atoms with Crippen LogP contribution >= 0.6 is 11.6 Å². The number of hydrogen-bond acceptors (Lipinski definition) is 4. The highest BCUT2D eigenvalue weighted by molar-refractivity contribution is 6.33. The van der Waals surface area contributed by atoms with Crippen LogP contribution in [0, 0.1) is 10.1 Å². The van der Waals surface area contributed by atoms with Crippen LogP contribution in [0.15, 0.2) is 78.9 Å². The molecule has 0 spiro atoms. The normalized spacial score (nSPS) is 15.9. The lowest BCUT2D eigenvalue weighted by molar-refractivity contribution is -0.532. The van der Waals surface area contributed by atoms with Crippen LogP contribution < -0.4 is 0 Å². The number of carbonyl (C=O) groups is 2. The minimum atomic E-state index is -2.46. The van der Waals surface area contributed by atoms with Gasteiger partial charge in [0.15, 0.2) is 0 Å². The van der Waals surface area contributed by atoms with Crippen LogP contribution in [0.25, 0.3) is 0 Å². The maximum absolute atomic E-state index is 13.3. The van der Waals surface area contributed by atoms with E-state index in [2.05, 4.69) is 0 Å². The molecule has 1 unspecified atom stereocenters. The van der Waals surface area contributed by atoms with Gasteiger partial charge < -0.3 is 0 Å². The van der Waals surface area contributed by atoms with Gasteiger partial charge in [-0.2, -0.15) is 0 Å². The lowest BCUT2D eigenvalue weighted by Gasteiger charge is -2.28. The number of nitro groups is 1. The van der Waals surface area contributed by atoms with Crippen molar-refractivity contribution in [3.05, 3.63) is 116 Å². The molecule has 0 fully saturated rings. The molecule has 5 nitrogen and oxygen atoms in total. The van der Waals surface area contributed by atoms with E-state index in [4.69, 9.17) is 11.6 Å². The largest absolute Gasteiger partial charge is 0.355 e. The molecule has 0 amide bonds. The summed E-state index contributed by atoms with van der Waals surface area (Å²) in [7, 11) is 0. The smallest absolute Gasteiger partial charge is 0.285 e. The molecule has 0 bridgehead atoms. The third-order valence-corrected chi connectivity index (χ3v) is 5.40. The lowest BCUT2D eigenvalue weighted by Crippen LogP contribution is -2.54. The first kappa shape index (κ1) is 18.1. The van der Waals surface area contributed by atoms with Gasteiger partial charge in [0.2, 0.25) is 11.6 Å². The van der Waals surface area contributed by atoms with Crippen LogP contribution in [0.1, 0.15) is 37.8 Å². The maximum Gasteiger partial charge on any atom is 0.355 e. The fourth-order valence-corrected chi connectivity index (χ4v) is 4.03. The zero-order valence-electron chi connectivity index (χ0n) is 14.5. The number of nitrogens with zero attached hydrogens (tertiary/aromatic N) is 1. The zero-order valence-corrected chi connectivity index (χ0v) is 15.3. The van der Waals surface area contributed by atoms with E-state index in [1.807, 2.05) is 0 Å². The fourth-order valence-electron chi connectivity index (χ4n) is 3.90. The molecular weight excluding hydrogens is 378 g/mol. The third kappa shape index (κ3) is 2.47. The van der Waals surface area contributed by atoms with Gasteiger partial charge in [-0.25, -0.2) is 0 Å². The molecule has 1 atom stereocenters. The SMILES string of the molecule is O=C1c2ccccc2C(=O)C1(C(c1ccccc1)c1ccc(Cl)cc1)[N+](=O)[O-]. The average molecular weight is 392 g/mol. The summed E-state index contributed by atoms with van der Waals surface area (Å²) in [5, 5.41) is 12.9. The number of Topliss-reactive ketones (excluding diaryl/α,β-unsaturated/α-hetero) is 2. The van der Waals surface area contributed by atoms with Crippen LogP contribution in [0.2, 0.25) is 5.02 Å². The topological polar surface area (TPSA) is 77.3 Å². The summed E-state index contributed by atoms with van der Waals surface area (Å²) in [6.07, 6.45) is 0. The number of fused-ring (bicyclic) bond motifs is 1. The van der Waals surface area contributed by atoms with Gasteiger partial charge in [-0.3, -0.25) is 19.7 Å². The van der Waals surface area contributed by atoms with Gasteiger partial charge in [0.1, 0.15) is 0 Å². The predicted molar refractivity (Wildman–Crippen MR) is 105 cm³/mol. The Morgan fingerprint density at radius 2 is 1.21 bits per heavy atom. The molecule has 0 heterocycles. The molecule has 0 saturated heterocycles. The van der Waals surface area contributed by atoms with E-state index in [1.165, 1.54) is 12.1 Å². The summed E-state index contributed by atoms with van der Waals surface area (Å²) >= 11 is 5.98. The summed E-state index contributed by atoms with van der Waals surface area (Å²) in [4.78, 5) is 38.3. The Morgan fingerprint density at radius 1 is 0.750 bits per heavy atom. The summed E-state index contributed by atoms with van der Waals surface area (Å²) in [5.41, 5.74) is -1.31. The minimum Gasteiger partial charge on any atom is -0.285 e. The highest BCUT2D eigenvalue weighted by Crippen LogP contribution is 2.46. The minimum absolute atomic E-state index is 0.0825. The van der Waals surface area contributed by atoms with E-state index < -0.39 is 27.9 Å². The second-order valence-electron chi connectivity index (χ2n) is 6.62. The highest BCUT2D eigenvalue weighted by atomic mass is 35.5. The first-order valence-electron chi connectivity index (χ1n) is 8.61. The molecule has 3 aromatic rings. The number of carbonyl (C=O) groups excluding carboxylic acids is 2. The molecule has 1 aliphatic rings. The Morgan fingerprint density at radius 3 is 1.71 bits per heavy atom. The Labute approximate surface area is 165 Å². The Bertz CT molecular complexity index is 1060. The Hall–Kier alpha value is -3.31. The van der Waals surface area contributed by atoms with E-state index in [0.717, 1.165) is 0 Å². The highest BCUT2D eigenvalue weighted by Gasteiger charge is 2.68. The van der Waals surface area contributed by atoms with E-state index in [1.54, 1.807) is 66.7 Å². The molecule has 138 valence electrons. The van der Waals surface area contributed by atoms with Crippen LogP contribution in [0.3, 0.4) is 0 Å². The van der Waals surface area contributed by atoms with Crippen molar-refractivity contribution >= 4 is 23.2 Å². The molecule has 0 aromatic heterocycles.